The van der Waals surface area contributed by atoms with Crippen molar-refractivity contribution >= 4 is 11.9 Å². The molecule has 1 aromatic carbocycles. The summed E-state index contributed by atoms with van der Waals surface area (Å²) in [6, 6.07) is 6.47. The largest absolute Gasteiger partial charge is 0.497 e. The lowest BCUT2D eigenvalue weighted by molar-refractivity contribution is -0.270. The van der Waals surface area contributed by atoms with Crippen LogP contribution in [0.3, 0.4) is 0 Å². The fraction of sp³-hybridized carbons (Fsp3) is 0.652. The topological polar surface area (TPSA) is 61.8 Å². The molecular weight excluding hydrogens is 356 g/mol. The van der Waals surface area contributed by atoms with Crippen molar-refractivity contribution in [1.29, 1.82) is 0 Å². The van der Waals surface area contributed by atoms with Crippen LogP contribution in [0.25, 0.3) is 0 Å². The third-order valence-electron chi connectivity index (χ3n) is 7.60. The van der Waals surface area contributed by atoms with Crippen LogP contribution in [0.1, 0.15) is 69.9 Å². The van der Waals surface area contributed by atoms with E-state index in [0.717, 1.165) is 37.9 Å². The van der Waals surface area contributed by atoms with Gasteiger partial charge < -0.3 is 14.2 Å². The molecule has 0 aromatic heterocycles. The molecule has 4 atom stereocenters. The predicted octanol–water partition coefficient (Wildman–Crippen LogP) is 4.37. The monoisotopic (exact) mass is 386 g/mol. The van der Waals surface area contributed by atoms with Crippen LogP contribution in [0.4, 0.5) is 0 Å². The first-order chi connectivity index (χ1) is 13.3. The summed E-state index contributed by atoms with van der Waals surface area (Å²) >= 11 is 0. The number of carbonyl (C=O) groups is 2. The van der Waals surface area contributed by atoms with Gasteiger partial charge in [0.05, 0.1) is 7.11 Å². The second-order valence-corrected chi connectivity index (χ2v) is 8.92. The Morgan fingerprint density at radius 3 is 2.39 bits per heavy atom. The lowest BCUT2D eigenvalue weighted by Gasteiger charge is -2.53. The molecule has 3 aliphatic rings. The summed E-state index contributed by atoms with van der Waals surface area (Å²) in [5, 5.41) is 0. The molecule has 3 aliphatic carbocycles. The molecule has 152 valence electrons. The van der Waals surface area contributed by atoms with Crippen LogP contribution in [-0.2, 0) is 25.5 Å². The van der Waals surface area contributed by atoms with Gasteiger partial charge in [0.25, 0.3) is 5.79 Å². The van der Waals surface area contributed by atoms with E-state index < -0.39 is 5.79 Å². The predicted molar refractivity (Wildman–Crippen MR) is 104 cm³/mol. The number of hydrogen-bond donors (Lipinski definition) is 0. The van der Waals surface area contributed by atoms with Gasteiger partial charge in [-0.2, -0.15) is 0 Å². The van der Waals surface area contributed by atoms with Gasteiger partial charge >= 0.3 is 11.9 Å². The molecule has 0 radical (unpaired) electrons. The normalized spacial score (nSPS) is 32.5. The average molecular weight is 386 g/mol. The van der Waals surface area contributed by atoms with Gasteiger partial charge in [-0.15, -0.1) is 0 Å². The van der Waals surface area contributed by atoms with Crippen molar-refractivity contribution in [2.24, 2.45) is 17.3 Å². The smallest absolute Gasteiger partial charge is 0.305 e. The first kappa shape index (κ1) is 19.3. The molecule has 5 heteroatoms. The van der Waals surface area contributed by atoms with Crippen LogP contribution < -0.4 is 4.74 Å². The van der Waals surface area contributed by atoms with Crippen molar-refractivity contribution in [3.63, 3.8) is 0 Å². The molecule has 0 amide bonds. The third kappa shape index (κ3) is 2.82. The molecule has 0 N–H and O–H groups in total. The second-order valence-electron chi connectivity index (χ2n) is 8.92. The van der Waals surface area contributed by atoms with Gasteiger partial charge in [-0.3, -0.25) is 9.59 Å². The summed E-state index contributed by atoms with van der Waals surface area (Å²) in [6.45, 7) is 4.96. The zero-order valence-corrected chi connectivity index (χ0v) is 17.2. The number of aryl methyl sites for hydroxylation is 1. The molecule has 0 aliphatic heterocycles. The lowest BCUT2D eigenvalue weighted by Crippen LogP contribution is -2.54. The van der Waals surface area contributed by atoms with E-state index in [-0.39, 0.29) is 17.4 Å². The number of esters is 2. The quantitative estimate of drug-likeness (QED) is 0.570. The Kier molecular flexibility index (Phi) is 4.67. The van der Waals surface area contributed by atoms with Gasteiger partial charge in [-0.1, -0.05) is 13.0 Å². The highest BCUT2D eigenvalue weighted by Crippen LogP contribution is 2.65. The van der Waals surface area contributed by atoms with E-state index in [1.165, 1.54) is 25.0 Å². The molecule has 0 saturated heterocycles. The summed E-state index contributed by atoms with van der Waals surface area (Å²) in [6.07, 6.45) is 5.55. The van der Waals surface area contributed by atoms with Crippen LogP contribution in [0, 0.1) is 17.3 Å². The van der Waals surface area contributed by atoms with Crippen LogP contribution in [0.5, 0.6) is 5.75 Å². The SMILES string of the molecule is COc1ccc2c(c1)CC[C@@H]1[C@H]3CCC(OC(C)=O)(OC(C)=O)[C@@]3(C)CC[C@@H]21. The maximum absolute atomic E-state index is 11.9. The molecule has 28 heavy (non-hydrogen) atoms. The van der Waals surface area contributed by atoms with Gasteiger partial charge in [0, 0.05) is 25.7 Å². The third-order valence-corrected chi connectivity index (χ3v) is 7.60. The molecule has 5 nitrogen and oxygen atoms in total. The van der Waals surface area contributed by atoms with Crippen molar-refractivity contribution in [2.45, 2.75) is 71.0 Å². The standard InChI is InChI=1S/C23H30O5/c1-14(24)27-23(28-15(2)25)12-10-21-20-7-5-16-13-17(26-4)6-8-18(16)19(20)9-11-22(21,23)3/h6,8,13,19-21H,5,7,9-12H2,1-4H3/t19-,20-,21+,22-/m0/s1. The fourth-order valence-corrected chi connectivity index (χ4v) is 6.46. The Labute approximate surface area is 166 Å². The number of benzene rings is 1. The van der Waals surface area contributed by atoms with Crippen molar-refractivity contribution < 1.29 is 23.8 Å². The number of fused-ring (bicyclic) bond motifs is 5. The number of methoxy groups -OCH3 is 1. The van der Waals surface area contributed by atoms with E-state index in [1.807, 2.05) is 0 Å². The van der Waals surface area contributed by atoms with Crippen molar-refractivity contribution in [2.75, 3.05) is 7.11 Å². The average Bonchev–Trinajstić information content (AvgIpc) is 2.92. The van der Waals surface area contributed by atoms with E-state index in [9.17, 15) is 9.59 Å². The molecule has 2 fully saturated rings. The molecule has 0 heterocycles. The van der Waals surface area contributed by atoms with E-state index in [0.29, 0.717) is 24.2 Å². The van der Waals surface area contributed by atoms with Crippen LogP contribution in [0.2, 0.25) is 0 Å². The lowest BCUT2D eigenvalue weighted by atomic mass is 9.55. The summed E-state index contributed by atoms with van der Waals surface area (Å²) in [7, 11) is 1.71. The van der Waals surface area contributed by atoms with Gasteiger partial charge in [0.2, 0.25) is 0 Å². The highest BCUT2D eigenvalue weighted by molar-refractivity contribution is 5.69. The maximum atomic E-state index is 11.9. The summed E-state index contributed by atoms with van der Waals surface area (Å²) in [5.74, 6) is 0.437. The Hall–Kier alpha value is -2.04. The highest BCUT2D eigenvalue weighted by Gasteiger charge is 2.66. The van der Waals surface area contributed by atoms with Crippen molar-refractivity contribution in [3.05, 3.63) is 29.3 Å². The Bertz CT molecular complexity index is 784. The molecule has 2 saturated carbocycles. The minimum atomic E-state index is -1.12. The number of rotatable bonds is 3. The molecule has 1 aromatic rings. The minimum Gasteiger partial charge on any atom is -0.497 e. The van der Waals surface area contributed by atoms with Crippen LogP contribution >= 0.6 is 0 Å². The van der Waals surface area contributed by atoms with Crippen molar-refractivity contribution in [3.8, 4) is 5.75 Å². The van der Waals surface area contributed by atoms with E-state index in [2.05, 4.69) is 25.1 Å². The second kappa shape index (κ2) is 6.78. The molecule has 4 rings (SSSR count). The highest BCUT2D eigenvalue weighted by atomic mass is 16.7. The Morgan fingerprint density at radius 1 is 1.04 bits per heavy atom. The van der Waals surface area contributed by atoms with Gasteiger partial charge in [-0.05, 0) is 73.1 Å². The molecular formula is C23H30O5. The first-order valence-electron chi connectivity index (χ1n) is 10.4. The van der Waals surface area contributed by atoms with E-state index in [4.69, 9.17) is 14.2 Å². The van der Waals surface area contributed by atoms with Gasteiger partial charge in [-0.25, -0.2) is 0 Å². The fourth-order valence-electron chi connectivity index (χ4n) is 6.46. The Morgan fingerprint density at radius 2 is 1.75 bits per heavy atom. The van der Waals surface area contributed by atoms with Crippen LogP contribution in [-0.4, -0.2) is 24.8 Å². The zero-order valence-electron chi connectivity index (χ0n) is 17.2. The summed E-state index contributed by atoms with van der Waals surface area (Å²) < 4.78 is 16.9. The molecule has 0 spiro atoms. The summed E-state index contributed by atoms with van der Waals surface area (Å²) in [4.78, 5) is 23.8. The summed E-state index contributed by atoms with van der Waals surface area (Å²) in [5.41, 5.74) is 2.50. The number of carbonyl (C=O) groups excluding carboxylic acids is 2. The molecule has 0 bridgehead atoms. The minimum absolute atomic E-state index is 0.338. The maximum Gasteiger partial charge on any atom is 0.305 e. The van der Waals surface area contributed by atoms with Gasteiger partial charge in [0.15, 0.2) is 0 Å². The number of ether oxygens (including phenoxy) is 3. The van der Waals surface area contributed by atoms with E-state index in [1.54, 1.807) is 7.11 Å². The van der Waals surface area contributed by atoms with Crippen LogP contribution in [0.15, 0.2) is 18.2 Å². The van der Waals surface area contributed by atoms with E-state index >= 15 is 0 Å². The Balaban J connectivity index is 1.68. The first-order valence-corrected chi connectivity index (χ1v) is 10.4. The molecule has 0 unspecified atom stereocenters. The number of hydrogen-bond acceptors (Lipinski definition) is 5. The van der Waals surface area contributed by atoms with Gasteiger partial charge in [0.1, 0.15) is 5.75 Å². The van der Waals surface area contributed by atoms with Crippen molar-refractivity contribution in [1.82, 2.24) is 0 Å². The zero-order chi connectivity index (χ0) is 20.1.